The van der Waals surface area contributed by atoms with Crippen LogP contribution in [0.5, 0.6) is 0 Å². The molecule has 0 saturated carbocycles. The van der Waals surface area contributed by atoms with E-state index < -0.39 is 5.41 Å². The van der Waals surface area contributed by atoms with E-state index in [1.807, 2.05) is 0 Å². The minimum atomic E-state index is -0.434. The first-order valence-corrected chi connectivity index (χ1v) is 31.1. The van der Waals surface area contributed by atoms with E-state index in [0.717, 1.165) is 44.9 Å². The third kappa shape index (κ3) is 6.93. The molecule has 0 radical (unpaired) electrons. The Hall–Kier alpha value is -9.56. The van der Waals surface area contributed by atoms with Crippen LogP contribution in [0.3, 0.4) is 0 Å². The quantitative estimate of drug-likeness (QED) is 0.130. The van der Waals surface area contributed by atoms with Gasteiger partial charge in [-0.15, -0.1) is 0 Å². The normalized spacial score (nSPS) is 16.6. The molecule has 0 bridgehead atoms. The Labute approximate surface area is 499 Å². The fourth-order valence-corrected chi connectivity index (χ4v) is 17.4. The SMILES string of the molecule is CCC1(CC)c2cc(/C=C/c3cccc4c3-c3ccccc3C4(c3ccccc3)c3ccccc3)ccc2-c2ccc(N(c3cccc4c3Cc3cc5c(cc3-4)Cc3ccccc3-5)C3C=C4Cc5cc6c(cc5C4=CC3)Cc3ccccc3-6)cc21. The molecule has 1 unspecified atom stereocenters. The van der Waals surface area contributed by atoms with Crippen molar-refractivity contribution in [2.24, 2.45) is 0 Å². The molecule has 0 N–H and O–H groups in total. The summed E-state index contributed by atoms with van der Waals surface area (Å²) in [5, 5.41) is 0. The molecule has 11 aromatic carbocycles. The fourth-order valence-electron chi connectivity index (χ4n) is 17.4. The summed E-state index contributed by atoms with van der Waals surface area (Å²) in [7, 11) is 0. The average Bonchev–Trinajstić information content (AvgIpc) is 2.07. The predicted molar refractivity (Wildman–Crippen MR) is 354 cm³/mol. The minimum Gasteiger partial charge on any atom is -0.334 e. The Morgan fingerprint density at radius 2 is 0.976 bits per heavy atom. The molecule has 0 heterocycles. The maximum atomic E-state index is 2.77. The van der Waals surface area contributed by atoms with E-state index in [2.05, 4.69) is 274 Å². The van der Waals surface area contributed by atoms with Crippen LogP contribution < -0.4 is 4.90 Å². The van der Waals surface area contributed by atoms with E-state index >= 15 is 0 Å². The van der Waals surface area contributed by atoms with Gasteiger partial charge in [-0.1, -0.05) is 226 Å². The van der Waals surface area contributed by atoms with Crippen molar-refractivity contribution in [3.05, 3.63) is 337 Å². The molecule has 0 spiro atoms. The van der Waals surface area contributed by atoms with Gasteiger partial charge in [0.15, 0.2) is 0 Å². The van der Waals surface area contributed by atoms with Gasteiger partial charge in [0.2, 0.25) is 0 Å². The fraction of sp³-hybridized carbons (Fsp3) is 0.143. The van der Waals surface area contributed by atoms with E-state index in [4.69, 9.17) is 0 Å². The van der Waals surface area contributed by atoms with Gasteiger partial charge in [-0.25, -0.2) is 0 Å². The van der Waals surface area contributed by atoms with Gasteiger partial charge < -0.3 is 4.90 Å². The highest BCUT2D eigenvalue weighted by Gasteiger charge is 2.47. The maximum Gasteiger partial charge on any atom is 0.0713 e. The maximum absolute atomic E-state index is 2.77. The molecular formula is C84H63N. The summed E-state index contributed by atoms with van der Waals surface area (Å²) in [5.74, 6) is 0. The first-order valence-electron chi connectivity index (χ1n) is 31.1. The highest BCUT2D eigenvalue weighted by atomic mass is 15.2. The van der Waals surface area contributed by atoms with Crippen molar-refractivity contribution >= 4 is 29.1 Å². The van der Waals surface area contributed by atoms with Gasteiger partial charge in [-0.05, 0) is 237 Å². The Morgan fingerprint density at radius 1 is 0.412 bits per heavy atom. The van der Waals surface area contributed by atoms with Crippen LogP contribution in [0.1, 0.15) is 122 Å². The molecule has 0 saturated heterocycles. The molecule has 0 aromatic heterocycles. The molecule has 18 rings (SSSR count). The summed E-state index contributed by atoms with van der Waals surface area (Å²) in [5.41, 5.74) is 41.0. The van der Waals surface area contributed by atoms with Gasteiger partial charge >= 0.3 is 0 Å². The summed E-state index contributed by atoms with van der Waals surface area (Å²) in [6.45, 7) is 4.85. The van der Waals surface area contributed by atoms with Crippen molar-refractivity contribution < 1.29 is 0 Å². The average molecular weight is 1090 g/mol. The number of rotatable bonds is 9. The second-order valence-electron chi connectivity index (χ2n) is 25.1. The van der Waals surface area contributed by atoms with Gasteiger partial charge in [0.05, 0.1) is 11.5 Å². The van der Waals surface area contributed by atoms with Crippen LogP contribution in [0.2, 0.25) is 0 Å². The van der Waals surface area contributed by atoms with Gasteiger partial charge in [0.25, 0.3) is 0 Å². The van der Waals surface area contributed by atoms with Crippen molar-refractivity contribution in [3.8, 4) is 55.6 Å². The molecule has 7 aliphatic carbocycles. The summed E-state index contributed by atoms with van der Waals surface area (Å²) in [4.78, 5) is 2.77. The number of nitrogens with zero attached hydrogens (tertiary/aromatic N) is 1. The zero-order valence-electron chi connectivity index (χ0n) is 48.2. The summed E-state index contributed by atoms with van der Waals surface area (Å²) in [6, 6.07) is 88.8. The highest BCUT2D eigenvalue weighted by molar-refractivity contribution is 5.96. The number of allylic oxidation sites excluding steroid dienone is 2. The lowest BCUT2D eigenvalue weighted by atomic mass is 9.67. The molecule has 1 nitrogen and oxygen atoms in total. The number of hydrogen-bond donors (Lipinski definition) is 0. The van der Waals surface area contributed by atoms with Crippen LogP contribution in [-0.2, 0) is 36.5 Å². The summed E-state index contributed by atoms with van der Waals surface area (Å²) >= 11 is 0. The van der Waals surface area contributed by atoms with E-state index in [1.165, 1.54) is 167 Å². The van der Waals surface area contributed by atoms with Gasteiger partial charge in [0.1, 0.15) is 0 Å². The van der Waals surface area contributed by atoms with Crippen LogP contribution in [0.15, 0.2) is 248 Å². The lowest BCUT2D eigenvalue weighted by Gasteiger charge is -2.37. The third-order valence-electron chi connectivity index (χ3n) is 21.2. The molecular weight excluding hydrogens is 1020 g/mol. The summed E-state index contributed by atoms with van der Waals surface area (Å²) in [6.07, 6.45) is 16.9. The number of hydrogen-bond acceptors (Lipinski definition) is 1. The Morgan fingerprint density at radius 3 is 1.68 bits per heavy atom. The monoisotopic (exact) mass is 1090 g/mol. The highest BCUT2D eigenvalue weighted by Crippen LogP contribution is 2.59. The molecule has 0 fully saturated rings. The molecule has 0 amide bonds. The zero-order chi connectivity index (χ0) is 56.1. The lowest BCUT2D eigenvalue weighted by Crippen LogP contribution is -2.32. The van der Waals surface area contributed by atoms with Crippen molar-refractivity contribution in [1.82, 2.24) is 0 Å². The molecule has 404 valence electrons. The van der Waals surface area contributed by atoms with Crippen molar-refractivity contribution in [1.29, 1.82) is 0 Å². The second kappa shape index (κ2) is 18.5. The Kier molecular flexibility index (Phi) is 10.6. The first kappa shape index (κ1) is 48.9. The largest absolute Gasteiger partial charge is 0.334 e. The zero-order valence-corrected chi connectivity index (χ0v) is 48.2. The van der Waals surface area contributed by atoms with Gasteiger partial charge in [-0.2, -0.15) is 0 Å². The van der Waals surface area contributed by atoms with E-state index in [1.54, 1.807) is 0 Å². The number of benzene rings is 11. The lowest BCUT2D eigenvalue weighted by molar-refractivity contribution is 0.490. The van der Waals surface area contributed by atoms with Crippen LogP contribution in [0.4, 0.5) is 11.4 Å². The van der Waals surface area contributed by atoms with Gasteiger partial charge in [-0.3, -0.25) is 0 Å². The Balaban J connectivity index is 0.734. The van der Waals surface area contributed by atoms with Crippen LogP contribution >= 0.6 is 0 Å². The van der Waals surface area contributed by atoms with Gasteiger partial charge in [0, 0.05) is 23.2 Å². The third-order valence-corrected chi connectivity index (χ3v) is 21.2. The van der Waals surface area contributed by atoms with Crippen LogP contribution in [0.25, 0.3) is 73.4 Å². The van der Waals surface area contributed by atoms with E-state index in [9.17, 15) is 0 Å². The molecule has 1 heteroatoms. The number of fused-ring (bicyclic) bond motifs is 18. The first-order chi connectivity index (χ1) is 42.0. The van der Waals surface area contributed by atoms with Crippen molar-refractivity contribution in [2.75, 3.05) is 4.90 Å². The Bertz CT molecular complexity index is 4730. The standard InChI is InChI=1S/C84H63N/c1-3-83(4-2)79-41-52(33-35-53-21-17-31-78-82(53)71-28-15-16-30-77(71)84(78,61-22-7-5-8-23-61)62-24-9-6-10-25-62)34-38-69(79)70-40-37-64(51-80(70)83)85(63-36-39-67-56(45-63)44-59-47-72-57(46-74(59)67)42-54-19-11-13-26-65(54)72)81-32-18-29-68-75-48-58-43-55-20-12-14-27-66(55)73(58)49-60(75)50-76(68)81/h5-35,37-41,45-49,51,63H,3-4,36,42-44,50H2,1-2H3/b35-33+. The molecule has 11 aromatic rings. The van der Waals surface area contributed by atoms with E-state index in [0.29, 0.717) is 0 Å². The minimum absolute atomic E-state index is 0.140. The van der Waals surface area contributed by atoms with Crippen LogP contribution in [0, 0.1) is 0 Å². The molecule has 0 aliphatic heterocycles. The smallest absolute Gasteiger partial charge is 0.0713 e. The summed E-state index contributed by atoms with van der Waals surface area (Å²) < 4.78 is 0. The van der Waals surface area contributed by atoms with Crippen molar-refractivity contribution in [3.63, 3.8) is 0 Å². The molecule has 7 aliphatic rings. The predicted octanol–water partition coefficient (Wildman–Crippen LogP) is 20.5. The van der Waals surface area contributed by atoms with E-state index in [-0.39, 0.29) is 11.5 Å². The van der Waals surface area contributed by atoms with Crippen LogP contribution in [-0.4, -0.2) is 6.04 Å². The second-order valence-corrected chi connectivity index (χ2v) is 25.1. The number of anilines is 2. The molecule has 85 heavy (non-hydrogen) atoms. The van der Waals surface area contributed by atoms with Crippen molar-refractivity contribution in [2.45, 2.75) is 75.7 Å². The topological polar surface area (TPSA) is 3.24 Å². The molecule has 1 atom stereocenters.